The fraction of sp³-hybridized carbons (Fsp3) is 1.00. The Morgan fingerprint density at radius 2 is 2.30 bits per heavy atom. The molecule has 3 atom stereocenters. The quantitative estimate of drug-likeness (QED) is 0.645. The van der Waals surface area contributed by atoms with Gasteiger partial charge in [-0.15, -0.1) is 0 Å². The van der Waals surface area contributed by atoms with Gasteiger partial charge in [-0.2, -0.15) is 0 Å². The molecule has 0 radical (unpaired) electrons. The first kappa shape index (κ1) is 8.21. The summed E-state index contributed by atoms with van der Waals surface area (Å²) in [5, 5.41) is 3.34. The lowest BCUT2D eigenvalue weighted by molar-refractivity contribution is 0.663. The van der Waals surface area contributed by atoms with Crippen molar-refractivity contribution in [1.29, 1.82) is 0 Å². The molecule has 3 heteroatoms. The van der Waals surface area contributed by atoms with E-state index in [1.807, 2.05) is 0 Å². The summed E-state index contributed by atoms with van der Waals surface area (Å²) in [7, 11) is -0.628. The summed E-state index contributed by atoms with van der Waals surface area (Å²) in [6.45, 7) is 3.15. The van der Waals surface area contributed by atoms with Gasteiger partial charge in [-0.25, -0.2) is 0 Å². The zero-order chi connectivity index (χ0) is 7.56. The van der Waals surface area contributed by atoms with Gasteiger partial charge in [-0.05, 0) is 12.3 Å². The second kappa shape index (κ2) is 3.49. The van der Waals surface area contributed by atoms with Crippen molar-refractivity contribution in [3.63, 3.8) is 0 Å². The van der Waals surface area contributed by atoms with E-state index in [9.17, 15) is 4.21 Å². The Balaban J connectivity index is 1.91. The van der Waals surface area contributed by atoms with Crippen LogP contribution in [0.2, 0.25) is 0 Å². The molecule has 1 fully saturated rings. The molecule has 3 unspecified atom stereocenters. The summed E-state index contributed by atoms with van der Waals surface area (Å²) >= 11 is 0. The van der Waals surface area contributed by atoms with Crippen molar-refractivity contribution in [2.75, 3.05) is 18.6 Å². The first-order valence-corrected chi connectivity index (χ1v) is 5.46. The Labute approximate surface area is 64.8 Å². The average Bonchev–Trinajstić information content (AvgIpc) is 2.46. The van der Waals surface area contributed by atoms with Crippen LogP contribution in [0.3, 0.4) is 0 Å². The third-order valence-corrected chi connectivity index (χ3v) is 2.68. The highest BCUT2D eigenvalue weighted by molar-refractivity contribution is 7.84. The van der Waals surface area contributed by atoms with Crippen LogP contribution in [0.5, 0.6) is 0 Å². The molecule has 0 aromatic carbocycles. The van der Waals surface area contributed by atoms with Crippen LogP contribution in [-0.2, 0) is 10.8 Å². The topological polar surface area (TPSA) is 29.1 Å². The Morgan fingerprint density at radius 1 is 1.70 bits per heavy atom. The van der Waals surface area contributed by atoms with Crippen molar-refractivity contribution in [3.05, 3.63) is 0 Å². The number of rotatable bonds is 4. The van der Waals surface area contributed by atoms with Gasteiger partial charge in [0.1, 0.15) is 0 Å². The van der Waals surface area contributed by atoms with E-state index in [1.54, 1.807) is 6.26 Å². The largest absolute Gasteiger partial charge is 0.313 e. The SMILES string of the molecule is CC1CC1NCCS(C)=O. The Kier molecular flexibility index (Phi) is 2.86. The van der Waals surface area contributed by atoms with E-state index in [0.717, 1.165) is 24.3 Å². The Bertz CT molecular complexity index is 138. The smallest absolute Gasteiger partial charge is 0.0357 e. The third kappa shape index (κ3) is 2.80. The molecule has 0 bridgehead atoms. The Hall–Kier alpha value is 0.110. The summed E-state index contributed by atoms with van der Waals surface area (Å²) in [5.74, 6) is 1.65. The lowest BCUT2D eigenvalue weighted by Crippen LogP contribution is -2.23. The van der Waals surface area contributed by atoms with Crippen molar-refractivity contribution in [2.45, 2.75) is 19.4 Å². The predicted molar refractivity (Wildman–Crippen MR) is 44.5 cm³/mol. The highest BCUT2D eigenvalue weighted by Gasteiger charge is 2.31. The second-order valence-corrected chi connectivity index (χ2v) is 4.61. The number of hydrogen-bond acceptors (Lipinski definition) is 2. The van der Waals surface area contributed by atoms with Crippen molar-refractivity contribution in [2.24, 2.45) is 5.92 Å². The summed E-state index contributed by atoms with van der Waals surface area (Å²) < 4.78 is 10.6. The first-order chi connectivity index (χ1) is 4.70. The Morgan fingerprint density at radius 3 is 2.70 bits per heavy atom. The molecule has 0 aromatic heterocycles. The van der Waals surface area contributed by atoms with Crippen LogP contribution in [0.25, 0.3) is 0 Å². The maximum atomic E-state index is 10.6. The lowest BCUT2D eigenvalue weighted by atomic mass is 10.5. The van der Waals surface area contributed by atoms with Gasteiger partial charge in [-0.1, -0.05) is 6.92 Å². The molecule has 1 N–H and O–H groups in total. The standard InChI is InChI=1S/C7H15NOS/c1-6-5-7(6)8-3-4-10(2)9/h6-8H,3-5H2,1-2H3. The molecule has 1 aliphatic carbocycles. The van der Waals surface area contributed by atoms with Crippen LogP contribution in [0.4, 0.5) is 0 Å². The van der Waals surface area contributed by atoms with Gasteiger partial charge in [0.05, 0.1) is 0 Å². The van der Waals surface area contributed by atoms with Gasteiger partial charge in [-0.3, -0.25) is 4.21 Å². The zero-order valence-electron chi connectivity index (χ0n) is 6.59. The maximum Gasteiger partial charge on any atom is 0.0357 e. The van der Waals surface area contributed by atoms with Crippen LogP contribution in [0.1, 0.15) is 13.3 Å². The van der Waals surface area contributed by atoms with E-state index in [4.69, 9.17) is 0 Å². The van der Waals surface area contributed by atoms with Crippen LogP contribution in [-0.4, -0.2) is 28.8 Å². The fourth-order valence-electron chi connectivity index (χ4n) is 0.995. The fourth-order valence-corrected chi connectivity index (χ4v) is 1.40. The zero-order valence-corrected chi connectivity index (χ0v) is 7.41. The molecule has 0 heterocycles. The molecular weight excluding hydrogens is 146 g/mol. The molecule has 2 nitrogen and oxygen atoms in total. The monoisotopic (exact) mass is 161 g/mol. The van der Waals surface area contributed by atoms with Crippen molar-refractivity contribution in [1.82, 2.24) is 5.32 Å². The number of hydrogen-bond donors (Lipinski definition) is 1. The minimum Gasteiger partial charge on any atom is -0.313 e. The van der Waals surface area contributed by atoms with E-state index in [2.05, 4.69) is 12.2 Å². The average molecular weight is 161 g/mol. The van der Waals surface area contributed by atoms with Crippen LogP contribution in [0, 0.1) is 5.92 Å². The van der Waals surface area contributed by atoms with Gasteiger partial charge >= 0.3 is 0 Å². The number of nitrogens with one attached hydrogen (secondary N) is 1. The van der Waals surface area contributed by atoms with Crippen molar-refractivity contribution >= 4 is 10.8 Å². The minimum absolute atomic E-state index is 0.628. The van der Waals surface area contributed by atoms with Crippen molar-refractivity contribution in [3.8, 4) is 0 Å². The van der Waals surface area contributed by atoms with Crippen LogP contribution < -0.4 is 5.32 Å². The van der Waals surface area contributed by atoms with Crippen LogP contribution >= 0.6 is 0 Å². The second-order valence-electron chi connectivity index (χ2n) is 3.05. The van der Waals surface area contributed by atoms with Gasteiger partial charge in [0.25, 0.3) is 0 Å². The lowest BCUT2D eigenvalue weighted by Gasteiger charge is -1.99. The molecule has 0 aliphatic heterocycles. The van der Waals surface area contributed by atoms with Crippen LogP contribution in [0.15, 0.2) is 0 Å². The van der Waals surface area contributed by atoms with E-state index < -0.39 is 10.8 Å². The third-order valence-electron chi connectivity index (χ3n) is 1.91. The van der Waals surface area contributed by atoms with Gasteiger partial charge in [0.15, 0.2) is 0 Å². The molecular formula is C7H15NOS. The molecule has 1 aliphatic rings. The molecule has 0 saturated heterocycles. The predicted octanol–water partition coefficient (Wildman–Crippen LogP) is 0.363. The maximum absolute atomic E-state index is 10.6. The van der Waals surface area contributed by atoms with Gasteiger partial charge < -0.3 is 5.32 Å². The molecule has 0 aromatic rings. The van der Waals surface area contributed by atoms with Gasteiger partial charge in [0, 0.05) is 35.4 Å². The summed E-state index contributed by atoms with van der Waals surface area (Å²) in [6, 6.07) is 0.726. The summed E-state index contributed by atoms with van der Waals surface area (Å²) in [6.07, 6.45) is 3.05. The van der Waals surface area contributed by atoms with E-state index in [1.165, 1.54) is 6.42 Å². The minimum atomic E-state index is -0.628. The molecule has 0 spiro atoms. The summed E-state index contributed by atoms with van der Waals surface area (Å²) in [4.78, 5) is 0. The van der Waals surface area contributed by atoms with Gasteiger partial charge in [0.2, 0.25) is 0 Å². The van der Waals surface area contributed by atoms with E-state index in [-0.39, 0.29) is 0 Å². The molecule has 60 valence electrons. The molecule has 10 heavy (non-hydrogen) atoms. The van der Waals surface area contributed by atoms with Crippen molar-refractivity contribution < 1.29 is 4.21 Å². The normalized spacial score (nSPS) is 33.8. The highest BCUT2D eigenvalue weighted by Crippen LogP contribution is 2.28. The van der Waals surface area contributed by atoms with E-state index >= 15 is 0 Å². The molecule has 1 rings (SSSR count). The summed E-state index contributed by atoms with van der Waals surface area (Å²) in [5.41, 5.74) is 0. The van der Waals surface area contributed by atoms with E-state index in [0.29, 0.717) is 0 Å². The molecule has 1 saturated carbocycles. The highest BCUT2D eigenvalue weighted by atomic mass is 32.2. The first-order valence-electron chi connectivity index (χ1n) is 3.73. The molecule has 0 amide bonds.